The van der Waals surface area contributed by atoms with Gasteiger partial charge in [-0.1, -0.05) is 18.6 Å². The van der Waals surface area contributed by atoms with E-state index in [-0.39, 0.29) is 6.04 Å². The summed E-state index contributed by atoms with van der Waals surface area (Å²) < 4.78 is 28.6. The van der Waals surface area contributed by atoms with Gasteiger partial charge in [0.15, 0.2) is 0 Å². The van der Waals surface area contributed by atoms with Crippen molar-refractivity contribution in [1.29, 1.82) is 0 Å². The zero-order valence-electron chi connectivity index (χ0n) is 12.0. The van der Waals surface area contributed by atoms with Crippen LogP contribution in [0.5, 0.6) is 0 Å². The van der Waals surface area contributed by atoms with Crippen LogP contribution in [0, 0.1) is 0 Å². The maximum atomic E-state index is 12.7. The predicted molar refractivity (Wildman–Crippen MR) is 83.7 cm³/mol. The first-order valence-corrected chi connectivity index (χ1v) is 8.99. The summed E-state index contributed by atoms with van der Waals surface area (Å²) in [5, 5.41) is 0. The normalized spacial score (nSPS) is 27.6. The van der Waals surface area contributed by atoms with E-state index in [2.05, 4.69) is 4.90 Å². The Hall–Kier alpha value is -0.280. The molecule has 0 saturated carbocycles. The molecule has 0 bridgehead atoms. The van der Waals surface area contributed by atoms with E-state index < -0.39 is 10.2 Å². The standard InChI is InChI=1S/C12H24N4O2S2/c1-11-4-2-3-5-16(11)20(17,18)15-8-6-14(7-9-15)10-12(13)19/h11H,2-10H2,1H3,(H2,13,19). The number of nitrogens with zero attached hydrogens (tertiary/aromatic N) is 3. The summed E-state index contributed by atoms with van der Waals surface area (Å²) in [6.07, 6.45) is 3.04. The van der Waals surface area contributed by atoms with Crippen LogP contribution in [0.2, 0.25) is 0 Å². The van der Waals surface area contributed by atoms with Crippen LogP contribution in [-0.2, 0) is 10.2 Å². The number of thiocarbonyl (C=S) groups is 1. The van der Waals surface area contributed by atoms with Crippen molar-refractivity contribution >= 4 is 27.4 Å². The lowest BCUT2D eigenvalue weighted by Crippen LogP contribution is -2.56. The molecule has 2 saturated heterocycles. The number of piperazine rings is 1. The van der Waals surface area contributed by atoms with Gasteiger partial charge >= 0.3 is 0 Å². The highest BCUT2D eigenvalue weighted by Crippen LogP contribution is 2.22. The van der Waals surface area contributed by atoms with E-state index in [0.717, 1.165) is 19.3 Å². The molecule has 0 aromatic carbocycles. The van der Waals surface area contributed by atoms with E-state index in [1.165, 1.54) is 0 Å². The SMILES string of the molecule is CC1CCCCN1S(=O)(=O)N1CCN(CC(N)=S)CC1. The summed E-state index contributed by atoms with van der Waals surface area (Å²) >= 11 is 4.89. The fraction of sp³-hybridized carbons (Fsp3) is 0.917. The molecule has 2 N–H and O–H groups in total. The van der Waals surface area contributed by atoms with Gasteiger partial charge in [-0.15, -0.1) is 0 Å². The summed E-state index contributed by atoms with van der Waals surface area (Å²) in [6.45, 7) is 5.65. The quantitative estimate of drug-likeness (QED) is 0.739. The van der Waals surface area contributed by atoms with Crippen LogP contribution in [0.25, 0.3) is 0 Å². The second-order valence-corrected chi connectivity index (χ2v) is 8.01. The molecule has 1 unspecified atom stereocenters. The Morgan fingerprint density at radius 2 is 1.85 bits per heavy atom. The molecule has 0 aromatic heterocycles. The van der Waals surface area contributed by atoms with Crippen LogP contribution in [0.15, 0.2) is 0 Å². The Labute approximate surface area is 127 Å². The Bertz CT molecular complexity index is 446. The molecule has 0 amide bonds. The fourth-order valence-corrected chi connectivity index (χ4v) is 4.93. The number of hydrogen-bond donors (Lipinski definition) is 1. The molecule has 2 aliphatic heterocycles. The van der Waals surface area contributed by atoms with Gasteiger partial charge in [0.25, 0.3) is 10.2 Å². The maximum Gasteiger partial charge on any atom is 0.282 e. The number of hydrogen-bond acceptors (Lipinski definition) is 4. The largest absolute Gasteiger partial charge is 0.392 e. The molecule has 2 fully saturated rings. The third-order valence-corrected chi connectivity index (χ3v) is 6.36. The van der Waals surface area contributed by atoms with Gasteiger partial charge in [-0.05, 0) is 19.8 Å². The first-order chi connectivity index (χ1) is 9.41. The van der Waals surface area contributed by atoms with E-state index in [4.69, 9.17) is 18.0 Å². The molecule has 6 nitrogen and oxygen atoms in total. The van der Waals surface area contributed by atoms with Gasteiger partial charge in [0.2, 0.25) is 0 Å². The van der Waals surface area contributed by atoms with Gasteiger partial charge in [0.1, 0.15) is 0 Å². The van der Waals surface area contributed by atoms with Crippen LogP contribution in [0.3, 0.4) is 0 Å². The summed E-state index contributed by atoms with van der Waals surface area (Å²) in [7, 11) is -3.31. The summed E-state index contributed by atoms with van der Waals surface area (Å²) in [6, 6.07) is 0.114. The summed E-state index contributed by atoms with van der Waals surface area (Å²) in [5.41, 5.74) is 5.53. The monoisotopic (exact) mass is 320 g/mol. The van der Waals surface area contributed by atoms with Crippen molar-refractivity contribution in [1.82, 2.24) is 13.5 Å². The Balaban J connectivity index is 1.96. The minimum Gasteiger partial charge on any atom is -0.392 e. The van der Waals surface area contributed by atoms with Crippen molar-refractivity contribution in [2.75, 3.05) is 39.3 Å². The Morgan fingerprint density at radius 3 is 2.40 bits per heavy atom. The second-order valence-electron chi connectivity index (χ2n) is 5.60. The lowest BCUT2D eigenvalue weighted by Gasteiger charge is -2.39. The predicted octanol–water partition coefficient (Wildman–Crippen LogP) is 0.00930. The summed E-state index contributed by atoms with van der Waals surface area (Å²) in [4.78, 5) is 2.57. The van der Waals surface area contributed by atoms with Gasteiger partial charge in [0, 0.05) is 45.3 Å². The van der Waals surface area contributed by atoms with E-state index >= 15 is 0 Å². The third kappa shape index (κ3) is 3.67. The lowest BCUT2D eigenvalue weighted by molar-refractivity contribution is 0.187. The number of nitrogens with two attached hydrogens (primary N) is 1. The van der Waals surface area contributed by atoms with Crippen LogP contribution in [-0.4, -0.2) is 72.2 Å². The highest BCUT2D eigenvalue weighted by atomic mass is 32.2. The molecule has 0 radical (unpaired) electrons. The van der Waals surface area contributed by atoms with E-state index in [1.54, 1.807) is 8.61 Å². The van der Waals surface area contributed by atoms with Crippen molar-refractivity contribution in [2.45, 2.75) is 32.2 Å². The van der Waals surface area contributed by atoms with Crippen LogP contribution in [0.4, 0.5) is 0 Å². The summed E-state index contributed by atoms with van der Waals surface area (Å²) in [5.74, 6) is 0. The van der Waals surface area contributed by atoms with Gasteiger partial charge < -0.3 is 5.73 Å². The molecule has 8 heteroatoms. The van der Waals surface area contributed by atoms with Crippen molar-refractivity contribution in [2.24, 2.45) is 5.73 Å². The first-order valence-electron chi connectivity index (χ1n) is 7.19. The van der Waals surface area contributed by atoms with Gasteiger partial charge in [-0.25, -0.2) is 0 Å². The highest BCUT2D eigenvalue weighted by molar-refractivity contribution is 7.86. The van der Waals surface area contributed by atoms with Gasteiger partial charge in [-0.2, -0.15) is 17.0 Å². The zero-order chi connectivity index (χ0) is 14.8. The van der Waals surface area contributed by atoms with Crippen LogP contribution >= 0.6 is 12.2 Å². The average Bonchev–Trinajstić information content (AvgIpc) is 2.39. The smallest absolute Gasteiger partial charge is 0.282 e. The lowest BCUT2D eigenvalue weighted by atomic mass is 10.1. The highest BCUT2D eigenvalue weighted by Gasteiger charge is 2.35. The van der Waals surface area contributed by atoms with Gasteiger partial charge in [-0.3, -0.25) is 4.90 Å². The van der Waals surface area contributed by atoms with E-state index in [9.17, 15) is 8.42 Å². The minimum atomic E-state index is -3.31. The molecule has 2 aliphatic rings. The molecule has 2 rings (SSSR count). The Morgan fingerprint density at radius 1 is 1.20 bits per heavy atom. The average molecular weight is 320 g/mol. The Kier molecular flexibility index (Phi) is 5.36. The molecular formula is C12H24N4O2S2. The molecule has 20 heavy (non-hydrogen) atoms. The van der Waals surface area contributed by atoms with Gasteiger partial charge in [0.05, 0.1) is 4.99 Å². The van der Waals surface area contributed by atoms with E-state index in [0.29, 0.717) is 44.3 Å². The second kappa shape index (κ2) is 6.65. The van der Waals surface area contributed by atoms with Crippen LogP contribution in [0.1, 0.15) is 26.2 Å². The van der Waals surface area contributed by atoms with Crippen molar-refractivity contribution in [3.05, 3.63) is 0 Å². The first kappa shape index (κ1) is 16.1. The number of piperidine rings is 1. The maximum absolute atomic E-state index is 12.7. The molecule has 0 aliphatic carbocycles. The van der Waals surface area contributed by atoms with Crippen molar-refractivity contribution in [3.8, 4) is 0 Å². The molecule has 1 atom stereocenters. The molecular weight excluding hydrogens is 296 g/mol. The van der Waals surface area contributed by atoms with Crippen molar-refractivity contribution < 1.29 is 8.42 Å². The van der Waals surface area contributed by atoms with Crippen LogP contribution < -0.4 is 5.73 Å². The minimum absolute atomic E-state index is 0.114. The topological polar surface area (TPSA) is 69.9 Å². The molecule has 116 valence electrons. The third-order valence-electron chi connectivity index (χ3n) is 4.08. The molecule has 2 heterocycles. The number of rotatable bonds is 4. The zero-order valence-corrected chi connectivity index (χ0v) is 13.6. The van der Waals surface area contributed by atoms with Crippen molar-refractivity contribution in [3.63, 3.8) is 0 Å². The van der Waals surface area contributed by atoms with E-state index in [1.807, 2.05) is 6.92 Å². The fourth-order valence-electron chi connectivity index (χ4n) is 2.90. The molecule has 0 spiro atoms. The molecule has 0 aromatic rings.